The summed E-state index contributed by atoms with van der Waals surface area (Å²) < 4.78 is 0. The van der Waals surface area contributed by atoms with Gasteiger partial charge in [0.1, 0.15) is 0 Å². The van der Waals surface area contributed by atoms with Gasteiger partial charge in [-0.15, -0.1) is 0 Å². The van der Waals surface area contributed by atoms with E-state index in [1.54, 1.807) is 0 Å². The van der Waals surface area contributed by atoms with Crippen molar-refractivity contribution in [1.82, 2.24) is 9.97 Å². The van der Waals surface area contributed by atoms with Crippen molar-refractivity contribution in [2.45, 2.75) is 0 Å². The molecule has 9 rings (SSSR count). The van der Waals surface area contributed by atoms with Crippen LogP contribution in [0.3, 0.4) is 0 Å². The molecule has 0 atom stereocenters. The summed E-state index contributed by atoms with van der Waals surface area (Å²) in [5.74, 6) is 0. The molecule has 0 radical (unpaired) electrons. The third-order valence-electron chi connectivity index (χ3n) is 7.79. The summed E-state index contributed by atoms with van der Waals surface area (Å²) in [6, 6.07) is 16.8. The Morgan fingerprint density at radius 1 is 0.452 bits per heavy atom. The molecule has 8 heterocycles. The Hall–Kier alpha value is -5.88. The predicted octanol–water partition coefficient (Wildman–Crippen LogP) is 5.48. The molecule has 16 bridgehead atoms. The predicted molar refractivity (Wildman–Crippen MR) is 172 cm³/mol. The van der Waals surface area contributed by atoms with Crippen LogP contribution in [0.25, 0.3) is 35.5 Å². The summed E-state index contributed by atoms with van der Waals surface area (Å²) in [5.41, 5.74) is 13.0. The van der Waals surface area contributed by atoms with Gasteiger partial charge in [0, 0.05) is 33.2 Å². The fourth-order valence-electron chi connectivity index (χ4n) is 5.91. The fourth-order valence-corrected chi connectivity index (χ4v) is 5.91. The molecule has 6 aliphatic rings. The standard InChI is InChI=1S/C36H22N6/c1-2-21-16-22(3-1)36-33-14-10-29(41-33)19-25-6-4-23(37-25)17-27-8-12-31(39-27)35(21)32-13-9-28(40-32)18-24-5-7-26(38-24)20-30-11-15-34(36)42-30/h1-20,37-38H. The zero-order valence-corrected chi connectivity index (χ0v) is 22.3. The lowest BCUT2D eigenvalue weighted by Crippen LogP contribution is -2.12. The number of nitrogens with zero attached hydrogens (tertiary/aromatic N) is 4. The topological polar surface area (TPSA) is 81.0 Å². The van der Waals surface area contributed by atoms with E-state index in [-0.39, 0.29) is 0 Å². The summed E-state index contributed by atoms with van der Waals surface area (Å²) in [4.78, 5) is 27.2. The van der Waals surface area contributed by atoms with Crippen molar-refractivity contribution >= 4 is 58.3 Å². The highest BCUT2D eigenvalue weighted by Gasteiger charge is 2.23. The summed E-state index contributed by atoms with van der Waals surface area (Å²) in [5, 5.41) is 1.96. The molecule has 196 valence electrons. The highest BCUT2D eigenvalue weighted by molar-refractivity contribution is 6.35. The number of hydrogen-bond donors (Lipinski definition) is 2. The average Bonchev–Trinajstić information content (AvgIpc) is 3.81. The third-order valence-corrected chi connectivity index (χ3v) is 7.79. The van der Waals surface area contributed by atoms with Crippen LogP contribution in [0.4, 0.5) is 0 Å². The number of allylic oxidation sites excluding steroid dienone is 10. The van der Waals surface area contributed by atoms with Gasteiger partial charge in [0.25, 0.3) is 0 Å². The molecule has 6 nitrogen and oxygen atoms in total. The molecular weight excluding hydrogens is 516 g/mol. The second kappa shape index (κ2) is 8.81. The minimum absolute atomic E-state index is 0.871. The first-order valence-corrected chi connectivity index (χ1v) is 13.9. The lowest BCUT2D eigenvalue weighted by atomic mass is 9.92. The van der Waals surface area contributed by atoms with Crippen molar-refractivity contribution in [3.8, 4) is 0 Å². The smallest absolute Gasteiger partial charge is 0.0737 e. The van der Waals surface area contributed by atoms with Crippen LogP contribution in [0.2, 0.25) is 0 Å². The van der Waals surface area contributed by atoms with Crippen molar-refractivity contribution in [2.75, 3.05) is 0 Å². The van der Waals surface area contributed by atoms with Gasteiger partial charge >= 0.3 is 0 Å². The van der Waals surface area contributed by atoms with Crippen LogP contribution in [0.5, 0.6) is 0 Å². The SMILES string of the molecule is C1=CC2=NC1=Cc1ccc([nH]1)C=C1C=CC(=N1)C1=C3C=CC(=N3)C=c3ccc([nH]3)=CC3=NC(=C2c2cccc1c2)C=C3. The van der Waals surface area contributed by atoms with E-state index >= 15 is 0 Å². The van der Waals surface area contributed by atoms with Crippen LogP contribution in [0.15, 0.2) is 140 Å². The number of H-pyrrole nitrogens is 2. The van der Waals surface area contributed by atoms with Crippen LogP contribution in [-0.2, 0) is 0 Å². The molecule has 42 heavy (non-hydrogen) atoms. The Morgan fingerprint density at radius 3 is 1.55 bits per heavy atom. The van der Waals surface area contributed by atoms with E-state index in [1.165, 1.54) is 0 Å². The van der Waals surface area contributed by atoms with Gasteiger partial charge in [-0.05, 0) is 114 Å². The normalized spacial score (nSPS) is 19.1. The van der Waals surface area contributed by atoms with Crippen molar-refractivity contribution in [2.24, 2.45) is 20.0 Å². The molecule has 0 fully saturated rings. The number of aliphatic imine (C=N–C) groups is 4. The number of hydrogen-bond acceptors (Lipinski definition) is 4. The quantitative estimate of drug-likeness (QED) is 0.380. The van der Waals surface area contributed by atoms with Gasteiger partial charge < -0.3 is 9.97 Å². The van der Waals surface area contributed by atoms with E-state index in [2.05, 4.69) is 131 Å². The van der Waals surface area contributed by atoms with Gasteiger partial charge in [0.15, 0.2) is 0 Å². The lowest BCUT2D eigenvalue weighted by Gasteiger charge is -2.13. The van der Waals surface area contributed by atoms with Crippen molar-refractivity contribution in [3.05, 3.63) is 153 Å². The maximum atomic E-state index is 5.05. The number of aromatic nitrogens is 2. The third kappa shape index (κ3) is 3.89. The minimum atomic E-state index is 0.871. The van der Waals surface area contributed by atoms with Crippen molar-refractivity contribution in [3.63, 3.8) is 0 Å². The number of aromatic amines is 2. The van der Waals surface area contributed by atoms with Gasteiger partial charge in [-0.1, -0.05) is 18.2 Å². The van der Waals surface area contributed by atoms with Crippen molar-refractivity contribution in [1.29, 1.82) is 0 Å². The number of rotatable bonds is 0. The number of benzene rings is 1. The summed E-state index contributed by atoms with van der Waals surface area (Å²) >= 11 is 0. The average molecular weight is 539 g/mol. The van der Waals surface area contributed by atoms with E-state index in [0.717, 1.165) is 90.0 Å². The van der Waals surface area contributed by atoms with E-state index in [4.69, 9.17) is 20.0 Å². The Balaban J connectivity index is 1.39. The summed E-state index contributed by atoms with van der Waals surface area (Å²) in [7, 11) is 0. The minimum Gasteiger partial charge on any atom is -0.355 e. The molecule has 0 spiro atoms. The molecule has 2 aromatic heterocycles. The maximum Gasteiger partial charge on any atom is 0.0737 e. The highest BCUT2D eigenvalue weighted by Crippen LogP contribution is 2.34. The first-order chi connectivity index (χ1) is 20.7. The maximum absolute atomic E-state index is 5.05. The van der Waals surface area contributed by atoms with Crippen LogP contribution >= 0.6 is 0 Å². The van der Waals surface area contributed by atoms with E-state index in [0.29, 0.717) is 0 Å². The monoisotopic (exact) mass is 538 g/mol. The first-order valence-electron chi connectivity index (χ1n) is 13.9. The van der Waals surface area contributed by atoms with E-state index in [1.807, 2.05) is 0 Å². The molecule has 6 heteroatoms. The number of fused-ring (bicyclic) bond motifs is 10. The van der Waals surface area contributed by atoms with Gasteiger partial charge in [0.2, 0.25) is 0 Å². The molecule has 0 amide bonds. The molecular formula is C36H22N6. The molecule has 0 unspecified atom stereocenters. The van der Waals surface area contributed by atoms with Gasteiger partial charge in [-0.3, -0.25) is 0 Å². The van der Waals surface area contributed by atoms with Crippen LogP contribution in [-0.4, -0.2) is 32.8 Å². The second-order valence-electron chi connectivity index (χ2n) is 10.7. The molecule has 0 saturated carbocycles. The van der Waals surface area contributed by atoms with Crippen LogP contribution in [0.1, 0.15) is 22.5 Å². The Morgan fingerprint density at radius 2 is 1.00 bits per heavy atom. The van der Waals surface area contributed by atoms with Crippen LogP contribution < -0.4 is 10.7 Å². The van der Waals surface area contributed by atoms with E-state index in [9.17, 15) is 0 Å². The summed E-state index contributed by atoms with van der Waals surface area (Å²) in [6.45, 7) is 0. The lowest BCUT2D eigenvalue weighted by molar-refractivity contribution is 1.28. The number of nitrogens with one attached hydrogen (secondary N) is 2. The molecule has 3 aromatic rings. The molecule has 2 N–H and O–H groups in total. The largest absolute Gasteiger partial charge is 0.355 e. The first kappa shape index (κ1) is 22.9. The fraction of sp³-hybridized carbons (Fsp3) is 0. The van der Waals surface area contributed by atoms with Crippen molar-refractivity contribution < 1.29 is 0 Å². The Kier molecular flexibility index (Phi) is 4.80. The molecule has 0 aliphatic carbocycles. The zero-order chi connectivity index (χ0) is 27.6. The summed E-state index contributed by atoms with van der Waals surface area (Å²) in [6.07, 6.45) is 24.8. The molecule has 6 aliphatic heterocycles. The van der Waals surface area contributed by atoms with Gasteiger partial charge in [-0.25, -0.2) is 20.0 Å². The zero-order valence-electron chi connectivity index (χ0n) is 22.3. The Labute approximate surface area is 241 Å². The van der Waals surface area contributed by atoms with Crippen LogP contribution in [0, 0.1) is 0 Å². The Bertz CT molecular complexity index is 2120. The highest BCUT2D eigenvalue weighted by atomic mass is 14.8. The molecule has 1 aromatic carbocycles. The molecule has 0 saturated heterocycles. The van der Waals surface area contributed by atoms with Gasteiger partial charge in [0.05, 0.1) is 45.6 Å². The van der Waals surface area contributed by atoms with Gasteiger partial charge in [-0.2, -0.15) is 0 Å². The van der Waals surface area contributed by atoms with E-state index < -0.39 is 0 Å². The second-order valence-corrected chi connectivity index (χ2v) is 10.7.